The average Bonchev–Trinajstić information content (AvgIpc) is 3.21. The van der Waals surface area contributed by atoms with Crippen molar-refractivity contribution in [3.05, 3.63) is 101 Å². The van der Waals surface area contributed by atoms with Crippen LogP contribution in [-0.4, -0.2) is 10.9 Å². The van der Waals surface area contributed by atoms with Crippen LogP contribution in [0.1, 0.15) is 27.0 Å². The van der Waals surface area contributed by atoms with E-state index < -0.39 is 0 Å². The molecule has 0 saturated carbocycles. The maximum Gasteiger partial charge on any atom is 0.255 e. The van der Waals surface area contributed by atoms with E-state index in [9.17, 15) is 4.79 Å². The Kier molecular flexibility index (Phi) is 5.91. The molecule has 5 heteroatoms. The number of anilines is 2. The summed E-state index contributed by atoms with van der Waals surface area (Å²) in [6.45, 7) is 2.07. The number of pyridine rings is 1. The van der Waals surface area contributed by atoms with Crippen LogP contribution in [0.3, 0.4) is 0 Å². The van der Waals surface area contributed by atoms with E-state index in [1.54, 1.807) is 11.3 Å². The van der Waals surface area contributed by atoms with Gasteiger partial charge in [-0.1, -0.05) is 18.2 Å². The number of benzene rings is 2. The number of hydrogen-bond donors (Lipinski definition) is 2. The van der Waals surface area contributed by atoms with Crippen molar-refractivity contribution in [3.8, 4) is 10.4 Å². The van der Waals surface area contributed by atoms with Gasteiger partial charge in [-0.15, -0.1) is 11.3 Å². The van der Waals surface area contributed by atoms with Crippen LogP contribution in [0.15, 0.2) is 78.4 Å². The number of amides is 1. The number of aryl methyl sites for hydroxylation is 3. The van der Waals surface area contributed by atoms with E-state index in [2.05, 4.69) is 28.7 Å². The largest absolute Gasteiger partial charge is 0.397 e. The number of thiophene rings is 1. The molecule has 0 aliphatic carbocycles. The number of nitrogens with two attached hydrogens (primary N) is 1. The van der Waals surface area contributed by atoms with Gasteiger partial charge in [0.2, 0.25) is 0 Å². The summed E-state index contributed by atoms with van der Waals surface area (Å²) in [5.74, 6) is -0.165. The standard InChI is InChI=1S/C25H23N3OS/c1-17-14-24(30-16-17)21-8-9-22(26)23(15-21)28-25(29)20-6-4-18(5-7-20)2-3-19-10-12-27-13-11-19/h4-16H,2-3,26H2,1H3,(H,28,29). The normalized spacial score (nSPS) is 10.7. The molecule has 0 saturated heterocycles. The molecule has 2 heterocycles. The third-order valence-electron chi connectivity index (χ3n) is 4.98. The summed E-state index contributed by atoms with van der Waals surface area (Å²) in [5.41, 5.74) is 12.6. The number of carbonyl (C=O) groups excluding carboxylic acids is 1. The van der Waals surface area contributed by atoms with Gasteiger partial charge in [0.25, 0.3) is 5.91 Å². The van der Waals surface area contributed by atoms with Crippen LogP contribution in [0.5, 0.6) is 0 Å². The monoisotopic (exact) mass is 413 g/mol. The van der Waals surface area contributed by atoms with Gasteiger partial charge in [0.1, 0.15) is 0 Å². The Balaban J connectivity index is 1.43. The van der Waals surface area contributed by atoms with Crippen molar-refractivity contribution in [2.45, 2.75) is 19.8 Å². The van der Waals surface area contributed by atoms with E-state index in [0.717, 1.165) is 23.3 Å². The number of nitrogen functional groups attached to an aromatic ring is 1. The van der Waals surface area contributed by atoms with E-state index in [0.29, 0.717) is 16.9 Å². The van der Waals surface area contributed by atoms with Crippen LogP contribution >= 0.6 is 11.3 Å². The summed E-state index contributed by atoms with van der Waals surface area (Å²) < 4.78 is 0. The van der Waals surface area contributed by atoms with E-state index >= 15 is 0 Å². The quantitative estimate of drug-likeness (QED) is 0.396. The Morgan fingerprint density at radius 3 is 2.33 bits per heavy atom. The lowest BCUT2D eigenvalue weighted by Gasteiger charge is -2.10. The molecule has 4 nitrogen and oxygen atoms in total. The lowest BCUT2D eigenvalue weighted by molar-refractivity contribution is 0.102. The molecular formula is C25H23N3OS. The van der Waals surface area contributed by atoms with Crippen molar-refractivity contribution in [1.82, 2.24) is 4.98 Å². The first-order valence-corrected chi connectivity index (χ1v) is 10.7. The molecule has 0 unspecified atom stereocenters. The average molecular weight is 414 g/mol. The number of aromatic nitrogens is 1. The fourth-order valence-electron chi connectivity index (χ4n) is 3.26. The molecule has 4 aromatic rings. The van der Waals surface area contributed by atoms with Crippen LogP contribution in [0.4, 0.5) is 11.4 Å². The highest BCUT2D eigenvalue weighted by Crippen LogP contribution is 2.31. The third kappa shape index (κ3) is 4.75. The Morgan fingerprint density at radius 2 is 1.67 bits per heavy atom. The summed E-state index contributed by atoms with van der Waals surface area (Å²) >= 11 is 1.68. The van der Waals surface area contributed by atoms with Crippen molar-refractivity contribution in [3.63, 3.8) is 0 Å². The van der Waals surface area contributed by atoms with Gasteiger partial charge in [-0.2, -0.15) is 0 Å². The maximum atomic E-state index is 12.7. The zero-order valence-electron chi connectivity index (χ0n) is 16.8. The topological polar surface area (TPSA) is 68.0 Å². The molecule has 2 aromatic carbocycles. The molecular weight excluding hydrogens is 390 g/mol. The maximum absolute atomic E-state index is 12.7. The molecule has 30 heavy (non-hydrogen) atoms. The summed E-state index contributed by atoms with van der Waals surface area (Å²) in [7, 11) is 0. The van der Waals surface area contributed by atoms with Crippen LogP contribution in [-0.2, 0) is 12.8 Å². The van der Waals surface area contributed by atoms with Gasteiger partial charge in [0.15, 0.2) is 0 Å². The molecule has 3 N–H and O–H groups in total. The van der Waals surface area contributed by atoms with E-state index in [4.69, 9.17) is 5.73 Å². The van der Waals surface area contributed by atoms with Crippen molar-refractivity contribution in [2.75, 3.05) is 11.1 Å². The highest BCUT2D eigenvalue weighted by atomic mass is 32.1. The van der Waals surface area contributed by atoms with Gasteiger partial charge in [-0.05, 0) is 89.9 Å². The number of nitrogens with one attached hydrogen (secondary N) is 1. The minimum Gasteiger partial charge on any atom is -0.397 e. The Morgan fingerprint density at radius 1 is 0.967 bits per heavy atom. The zero-order valence-corrected chi connectivity index (χ0v) is 17.6. The van der Waals surface area contributed by atoms with Crippen LogP contribution < -0.4 is 11.1 Å². The predicted octanol–water partition coefficient (Wildman–Crippen LogP) is 5.74. The predicted molar refractivity (Wildman–Crippen MR) is 125 cm³/mol. The fraction of sp³-hybridized carbons (Fsp3) is 0.120. The zero-order chi connectivity index (χ0) is 20.9. The van der Waals surface area contributed by atoms with Crippen LogP contribution in [0.2, 0.25) is 0 Å². The molecule has 0 aliphatic rings. The summed E-state index contributed by atoms with van der Waals surface area (Å²) in [4.78, 5) is 17.9. The van der Waals surface area contributed by atoms with Crippen LogP contribution in [0.25, 0.3) is 10.4 Å². The highest BCUT2D eigenvalue weighted by Gasteiger charge is 2.10. The molecule has 0 bridgehead atoms. The second kappa shape index (κ2) is 8.93. The molecule has 0 fully saturated rings. The van der Waals surface area contributed by atoms with Gasteiger partial charge in [-0.3, -0.25) is 9.78 Å². The first-order valence-electron chi connectivity index (χ1n) is 9.83. The smallest absolute Gasteiger partial charge is 0.255 e. The first-order chi connectivity index (χ1) is 14.6. The summed E-state index contributed by atoms with van der Waals surface area (Å²) in [5, 5.41) is 5.07. The lowest BCUT2D eigenvalue weighted by Crippen LogP contribution is -2.13. The Hall–Kier alpha value is -3.44. The fourth-order valence-corrected chi connectivity index (χ4v) is 4.15. The molecule has 0 aliphatic heterocycles. The van der Waals surface area contributed by atoms with Crippen molar-refractivity contribution in [1.29, 1.82) is 0 Å². The number of rotatable bonds is 6. The van der Waals surface area contributed by atoms with Crippen molar-refractivity contribution in [2.24, 2.45) is 0 Å². The van der Waals surface area contributed by atoms with E-state index in [-0.39, 0.29) is 5.91 Å². The first kappa shape index (κ1) is 19.9. The van der Waals surface area contributed by atoms with Gasteiger partial charge >= 0.3 is 0 Å². The minimum atomic E-state index is -0.165. The van der Waals surface area contributed by atoms with E-state index in [1.807, 2.05) is 67.0 Å². The molecule has 1 amide bonds. The van der Waals surface area contributed by atoms with Gasteiger partial charge in [-0.25, -0.2) is 0 Å². The number of nitrogens with zero attached hydrogens (tertiary/aromatic N) is 1. The molecule has 2 aromatic heterocycles. The molecule has 0 atom stereocenters. The summed E-state index contributed by atoms with van der Waals surface area (Å²) in [6.07, 6.45) is 5.48. The van der Waals surface area contributed by atoms with E-state index in [1.165, 1.54) is 16.7 Å². The Bertz CT molecular complexity index is 1150. The third-order valence-corrected chi connectivity index (χ3v) is 6.08. The second-order valence-corrected chi connectivity index (χ2v) is 8.21. The number of carbonyl (C=O) groups is 1. The lowest BCUT2D eigenvalue weighted by atomic mass is 10.0. The van der Waals surface area contributed by atoms with Crippen molar-refractivity contribution >= 4 is 28.6 Å². The SMILES string of the molecule is Cc1csc(-c2ccc(N)c(NC(=O)c3ccc(CCc4ccncc4)cc3)c2)c1. The molecule has 150 valence electrons. The number of hydrogen-bond acceptors (Lipinski definition) is 4. The van der Waals surface area contributed by atoms with Crippen molar-refractivity contribution < 1.29 is 4.79 Å². The summed E-state index contributed by atoms with van der Waals surface area (Å²) in [6, 6.07) is 19.7. The minimum absolute atomic E-state index is 0.165. The molecule has 4 rings (SSSR count). The van der Waals surface area contributed by atoms with Crippen LogP contribution in [0, 0.1) is 6.92 Å². The van der Waals surface area contributed by atoms with Gasteiger partial charge < -0.3 is 11.1 Å². The molecule has 0 spiro atoms. The van der Waals surface area contributed by atoms with Gasteiger partial charge in [0, 0.05) is 22.8 Å². The Labute approximate surface area is 180 Å². The highest BCUT2D eigenvalue weighted by molar-refractivity contribution is 7.13. The van der Waals surface area contributed by atoms with Gasteiger partial charge in [0.05, 0.1) is 11.4 Å². The molecule has 0 radical (unpaired) electrons. The second-order valence-electron chi connectivity index (χ2n) is 7.30.